The zero-order chi connectivity index (χ0) is 10.1. The fourth-order valence-electron chi connectivity index (χ4n) is 1.30. The third-order valence-electron chi connectivity index (χ3n) is 2.04. The molecule has 0 aliphatic rings. The Morgan fingerprint density at radius 1 is 1.43 bits per heavy atom. The van der Waals surface area contributed by atoms with Crippen molar-refractivity contribution >= 4 is 53.3 Å². The van der Waals surface area contributed by atoms with E-state index in [1.165, 1.54) is 15.6 Å². The molecule has 0 aliphatic heterocycles. The van der Waals surface area contributed by atoms with E-state index in [0.717, 1.165) is 14.9 Å². The molecule has 1 heterocycles. The van der Waals surface area contributed by atoms with Gasteiger partial charge >= 0.3 is 0 Å². The molecule has 2 rings (SSSR count). The van der Waals surface area contributed by atoms with E-state index in [-0.39, 0.29) is 0 Å². The van der Waals surface area contributed by atoms with Gasteiger partial charge in [0.25, 0.3) is 0 Å². The van der Waals surface area contributed by atoms with Gasteiger partial charge in [-0.25, -0.2) is 0 Å². The van der Waals surface area contributed by atoms with Crippen molar-refractivity contribution in [1.82, 2.24) is 0 Å². The highest BCUT2D eigenvalue weighted by Crippen LogP contribution is 2.37. The van der Waals surface area contributed by atoms with Crippen molar-refractivity contribution in [2.75, 3.05) is 7.11 Å². The number of alkyl halides is 1. The van der Waals surface area contributed by atoms with Crippen molar-refractivity contribution in [3.63, 3.8) is 0 Å². The fourth-order valence-corrected chi connectivity index (χ4v) is 3.76. The maximum absolute atomic E-state index is 5.21. The molecule has 0 aliphatic carbocycles. The van der Waals surface area contributed by atoms with Gasteiger partial charge in [-0.1, -0.05) is 33.3 Å². The molecule has 2 aromatic rings. The highest BCUT2D eigenvalue weighted by molar-refractivity contribution is 9.11. The molecular weight excluding hydrogens is 328 g/mol. The first kappa shape index (κ1) is 10.5. The van der Waals surface area contributed by atoms with Crippen molar-refractivity contribution in [3.8, 4) is 5.06 Å². The molecule has 0 fully saturated rings. The summed E-state index contributed by atoms with van der Waals surface area (Å²) in [5, 5.41) is 3.04. The van der Waals surface area contributed by atoms with Crippen molar-refractivity contribution in [3.05, 3.63) is 28.2 Å². The number of fused-ring (bicyclic) bond motifs is 1. The molecule has 1 nitrogen and oxygen atoms in total. The molecular formula is C10H8Br2OS. The minimum atomic E-state index is 0.863. The molecule has 0 atom stereocenters. The zero-order valence-corrected chi connectivity index (χ0v) is 11.5. The summed E-state index contributed by atoms with van der Waals surface area (Å²) < 4.78 is 7.62. The number of benzene rings is 1. The smallest absolute Gasteiger partial charge is 0.174 e. The van der Waals surface area contributed by atoms with E-state index in [4.69, 9.17) is 4.74 Å². The van der Waals surface area contributed by atoms with Crippen molar-refractivity contribution in [2.45, 2.75) is 5.33 Å². The Bertz CT molecular complexity index is 464. The molecule has 14 heavy (non-hydrogen) atoms. The Balaban J connectivity index is 2.68. The van der Waals surface area contributed by atoms with Crippen LogP contribution in [0.1, 0.15) is 5.56 Å². The third-order valence-corrected chi connectivity index (χ3v) is 4.64. The normalized spacial score (nSPS) is 10.8. The van der Waals surface area contributed by atoms with Crippen LogP contribution in [0.4, 0.5) is 0 Å². The Kier molecular flexibility index (Phi) is 3.14. The summed E-state index contributed by atoms with van der Waals surface area (Å²) in [6.45, 7) is 0. The number of methoxy groups -OCH3 is 1. The lowest BCUT2D eigenvalue weighted by Crippen LogP contribution is -1.79. The second kappa shape index (κ2) is 4.21. The monoisotopic (exact) mass is 334 g/mol. The van der Waals surface area contributed by atoms with Gasteiger partial charge in [-0.05, 0) is 27.6 Å². The predicted octanol–water partition coefficient (Wildman–Crippen LogP) is 4.57. The molecule has 1 aromatic carbocycles. The number of halogens is 2. The average molecular weight is 336 g/mol. The van der Waals surface area contributed by atoms with Gasteiger partial charge in [-0.3, -0.25) is 0 Å². The minimum absolute atomic E-state index is 0.863. The van der Waals surface area contributed by atoms with Crippen molar-refractivity contribution in [1.29, 1.82) is 0 Å². The van der Waals surface area contributed by atoms with Gasteiger partial charge in [-0.2, -0.15) is 0 Å². The Labute approximate surface area is 103 Å². The number of thiophene rings is 1. The lowest BCUT2D eigenvalue weighted by atomic mass is 10.2. The van der Waals surface area contributed by atoms with Crippen LogP contribution in [-0.2, 0) is 5.33 Å². The molecule has 0 saturated carbocycles. The molecule has 0 unspecified atom stereocenters. The molecule has 0 radical (unpaired) electrons. The Morgan fingerprint density at radius 2 is 2.21 bits per heavy atom. The molecule has 1 aromatic heterocycles. The number of rotatable bonds is 2. The SMILES string of the molecule is COc1cc2c(Br)c(CBr)ccc2s1. The van der Waals surface area contributed by atoms with Gasteiger partial charge in [0.15, 0.2) is 5.06 Å². The summed E-state index contributed by atoms with van der Waals surface area (Å²) in [6.07, 6.45) is 0. The average Bonchev–Trinajstić information content (AvgIpc) is 2.62. The summed E-state index contributed by atoms with van der Waals surface area (Å²) in [6, 6.07) is 6.32. The van der Waals surface area contributed by atoms with E-state index in [0.29, 0.717) is 0 Å². The third kappa shape index (κ3) is 1.71. The number of hydrogen-bond donors (Lipinski definition) is 0. The van der Waals surface area contributed by atoms with E-state index < -0.39 is 0 Å². The van der Waals surface area contributed by atoms with Gasteiger partial charge in [0.05, 0.1) is 7.11 Å². The summed E-state index contributed by atoms with van der Waals surface area (Å²) >= 11 is 8.73. The molecule has 0 spiro atoms. The van der Waals surface area contributed by atoms with Crippen LogP contribution in [-0.4, -0.2) is 7.11 Å². The lowest BCUT2D eigenvalue weighted by Gasteiger charge is -2.00. The molecule has 4 heteroatoms. The van der Waals surface area contributed by atoms with Gasteiger partial charge in [-0.15, -0.1) is 0 Å². The van der Waals surface area contributed by atoms with E-state index in [2.05, 4.69) is 50.1 Å². The van der Waals surface area contributed by atoms with Crippen LogP contribution in [0.2, 0.25) is 0 Å². The maximum Gasteiger partial charge on any atom is 0.174 e. The Morgan fingerprint density at radius 3 is 2.86 bits per heavy atom. The van der Waals surface area contributed by atoms with Gasteiger partial charge in [0, 0.05) is 26.0 Å². The summed E-state index contributed by atoms with van der Waals surface area (Å²) in [5.74, 6) is 0. The van der Waals surface area contributed by atoms with E-state index in [9.17, 15) is 0 Å². The zero-order valence-electron chi connectivity index (χ0n) is 7.51. The van der Waals surface area contributed by atoms with Crippen LogP contribution < -0.4 is 4.74 Å². The predicted molar refractivity (Wildman–Crippen MR) is 68.7 cm³/mol. The van der Waals surface area contributed by atoms with Crippen LogP contribution in [0, 0.1) is 0 Å². The summed E-state index contributed by atoms with van der Waals surface area (Å²) in [4.78, 5) is 0. The van der Waals surface area contributed by atoms with E-state index in [1.54, 1.807) is 18.4 Å². The minimum Gasteiger partial charge on any atom is -0.487 e. The molecule has 0 saturated heterocycles. The second-order valence-corrected chi connectivity index (χ2v) is 5.25. The topological polar surface area (TPSA) is 9.23 Å². The Hall–Kier alpha value is -0.0600. The second-order valence-electron chi connectivity index (χ2n) is 2.85. The van der Waals surface area contributed by atoms with Gasteiger partial charge in [0.2, 0.25) is 0 Å². The van der Waals surface area contributed by atoms with Crippen LogP contribution in [0.15, 0.2) is 22.7 Å². The first-order chi connectivity index (χ1) is 6.76. The highest BCUT2D eigenvalue weighted by atomic mass is 79.9. The summed E-state index contributed by atoms with van der Waals surface area (Å²) in [5.41, 5.74) is 1.26. The van der Waals surface area contributed by atoms with Crippen LogP contribution in [0.5, 0.6) is 5.06 Å². The lowest BCUT2D eigenvalue weighted by molar-refractivity contribution is 0.427. The molecule has 0 amide bonds. The maximum atomic E-state index is 5.21. The quantitative estimate of drug-likeness (QED) is 0.730. The highest BCUT2D eigenvalue weighted by Gasteiger charge is 2.08. The number of hydrogen-bond acceptors (Lipinski definition) is 2. The van der Waals surface area contributed by atoms with Gasteiger partial charge < -0.3 is 4.74 Å². The van der Waals surface area contributed by atoms with Gasteiger partial charge in [0.1, 0.15) is 0 Å². The largest absolute Gasteiger partial charge is 0.487 e. The standard InChI is InChI=1S/C10H8Br2OS/c1-13-9-4-7-8(14-9)3-2-6(5-11)10(7)12/h2-4H,5H2,1H3. The first-order valence-electron chi connectivity index (χ1n) is 4.07. The molecule has 0 bridgehead atoms. The van der Waals surface area contributed by atoms with E-state index >= 15 is 0 Å². The van der Waals surface area contributed by atoms with Crippen LogP contribution in [0.3, 0.4) is 0 Å². The number of ether oxygens (including phenoxy) is 1. The van der Waals surface area contributed by atoms with E-state index in [1.807, 2.05) is 0 Å². The first-order valence-corrected chi connectivity index (χ1v) is 6.80. The van der Waals surface area contributed by atoms with Crippen molar-refractivity contribution in [2.24, 2.45) is 0 Å². The van der Waals surface area contributed by atoms with Crippen LogP contribution in [0.25, 0.3) is 10.1 Å². The fraction of sp³-hybridized carbons (Fsp3) is 0.200. The summed E-state index contributed by atoms with van der Waals surface area (Å²) in [7, 11) is 1.70. The molecule has 0 N–H and O–H groups in total. The van der Waals surface area contributed by atoms with Crippen LogP contribution >= 0.6 is 43.2 Å². The molecule has 74 valence electrons. The van der Waals surface area contributed by atoms with Crippen molar-refractivity contribution < 1.29 is 4.74 Å².